The fourth-order valence-electron chi connectivity index (χ4n) is 1.56. The minimum absolute atomic E-state index is 0.0507. The number of nitrogens with zero attached hydrogens (tertiary/aromatic N) is 2. The van der Waals surface area contributed by atoms with Gasteiger partial charge in [-0.3, -0.25) is 14.7 Å². The number of likely N-dealkylation sites (tertiary alicyclic amines) is 1. The predicted octanol–water partition coefficient (Wildman–Crippen LogP) is -0.0294. The zero-order chi connectivity index (χ0) is 10.7. The third-order valence-corrected chi connectivity index (χ3v) is 2.28. The number of hydrogen-bond acceptors (Lipinski definition) is 3. The molecule has 0 aliphatic carbocycles. The monoisotopic (exact) mass is 208 g/mol. The van der Waals surface area contributed by atoms with Crippen molar-refractivity contribution in [3.63, 3.8) is 0 Å². The molecule has 1 aromatic rings. The smallest absolute Gasteiger partial charge is 0.245 e. The summed E-state index contributed by atoms with van der Waals surface area (Å²) >= 11 is 0. The Kier molecular flexibility index (Phi) is 2.66. The minimum Gasteiger partial charge on any atom is -0.333 e. The summed E-state index contributed by atoms with van der Waals surface area (Å²) < 4.78 is 0. The first-order valence-corrected chi connectivity index (χ1v) is 4.83. The molecule has 0 radical (unpaired) electrons. The summed E-state index contributed by atoms with van der Waals surface area (Å²) in [4.78, 5) is 24.3. The van der Waals surface area contributed by atoms with Crippen LogP contribution in [0.15, 0.2) is 12.3 Å². The summed E-state index contributed by atoms with van der Waals surface area (Å²) in [7, 11) is 0. The van der Waals surface area contributed by atoms with Crippen LogP contribution in [0.4, 0.5) is 5.82 Å². The highest BCUT2D eigenvalue weighted by Crippen LogP contribution is 2.09. The third kappa shape index (κ3) is 2.34. The van der Waals surface area contributed by atoms with Crippen molar-refractivity contribution in [1.82, 2.24) is 15.1 Å². The summed E-state index contributed by atoms with van der Waals surface area (Å²) in [5, 5.41) is 8.94. The van der Waals surface area contributed by atoms with Gasteiger partial charge in [0.25, 0.3) is 0 Å². The molecule has 1 fully saturated rings. The Morgan fingerprint density at radius 3 is 3.13 bits per heavy atom. The number of H-pyrrole nitrogens is 1. The van der Waals surface area contributed by atoms with Gasteiger partial charge in [-0.2, -0.15) is 5.10 Å². The molecule has 1 aliphatic rings. The average molecular weight is 208 g/mol. The molecule has 15 heavy (non-hydrogen) atoms. The number of rotatable bonds is 3. The maximum absolute atomic E-state index is 11.5. The van der Waals surface area contributed by atoms with Crippen molar-refractivity contribution in [2.45, 2.75) is 12.8 Å². The van der Waals surface area contributed by atoms with E-state index < -0.39 is 0 Å². The number of amides is 2. The third-order valence-electron chi connectivity index (χ3n) is 2.28. The van der Waals surface area contributed by atoms with E-state index >= 15 is 0 Å². The normalized spacial score (nSPS) is 15.7. The number of anilines is 1. The van der Waals surface area contributed by atoms with Crippen molar-refractivity contribution in [2.24, 2.45) is 0 Å². The minimum atomic E-state index is -0.200. The first kappa shape index (κ1) is 9.70. The summed E-state index contributed by atoms with van der Waals surface area (Å²) in [5.41, 5.74) is 0. The van der Waals surface area contributed by atoms with Gasteiger partial charge in [0.1, 0.15) is 5.82 Å². The Bertz CT molecular complexity index is 360. The van der Waals surface area contributed by atoms with E-state index in [0.717, 1.165) is 6.42 Å². The van der Waals surface area contributed by atoms with Gasteiger partial charge in [-0.25, -0.2) is 0 Å². The number of carbonyl (C=O) groups excluding carboxylic acids is 2. The molecule has 1 saturated heterocycles. The molecule has 80 valence electrons. The van der Waals surface area contributed by atoms with Gasteiger partial charge in [-0.05, 0) is 6.42 Å². The number of nitrogens with one attached hydrogen (secondary N) is 2. The van der Waals surface area contributed by atoms with Crippen molar-refractivity contribution in [3.05, 3.63) is 12.3 Å². The standard InChI is InChI=1S/C9H12N4O2/c14-8(11-7-3-4-10-12-7)6-13-5-1-2-9(13)15/h3-4H,1-2,5-6H2,(H2,10,11,12,14). The van der Waals surface area contributed by atoms with Crippen LogP contribution in [0, 0.1) is 0 Å². The topological polar surface area (TPSA) is 78.1 Å². The van der Waals surface area contributed by atoms with Crippen LogP contribution in [0.2, 0.25) is 0 Å². The van der Waals surface area contributed by atoms with E-state index in [0.29, 0.717) is 18.8 Å². The van der Waals surface area contributed by atoms with Gasteiger partial charge in [0, 0.05) is 19.0 Å². The SMILES string of the molecule is O=C(CN1CCCC1=O)Nc1ccn[nH]1. The molecule has 2 N–H and O–H groups in total. The maximum Gasteiger partial charge on any atom is 0.245 e. The first-order valence-electron chi connectivity index (χ1n) is 4.83. The first-order chi connectivity index (χ1) is 7.25. The fourth-order valence-corrected chi connectivity index (χ4v) is 1.56. The second-order valence-corrected chi connectivity index (χ2v) is 3.44. The Morgan fingerprint density at radius 2 is 2.53 bits per heavy atom. The highest BCUT2D eigenvalue weighted by molar-refractivity contribution is 5.94. The van der Waals surface area contributed by atoms with E-state index in [9.17, 15) is 9.59 Å². The van der Waals surface area contributed by atoms with Crippen LogP contribution < -0.4 is 5.32 Å². The molecule has 6 heteroatoms. The molecule has 2 rings (SSSR count). The van der Waals surface area contributed by atoms with Crippen molar-refractivity contribution < 1.29 is 9.59 Å². The summed E-state index contributed by atoms with van der Waals surface area (Å²) in [5.74, 6) is 0.399. The Morgan fingerprint density at radius 1 is 1.67 bits per heavy atom. The van der Waals surface area contributed by atoms with Crippen LogP contribution >= 0.6 is 0 Å². The molecular weight excluding hydrogens is 196 g/mol. The summed E-state index contributed by atoms with van der Waals surface area (Å²) in [6.07, 6.45) is 2.95. The molecule has 6 nitrogen and oxygen atoms in total. The van der Waals surface area contributed by atoms with Crippen LogP contribution in [0.1, 0.15) is 12.8 Å². The highest BCUT2D eigenvalue weighted by atomic mass is 16.2. The maximum atomic E-state index is 11.5. The molecule has 0 unspecified atom stereocenters. The second kappa shape index (κ2) is 4.12. The second-order valence-electron chi connectivity index (χ2n) is 3.44. The number of aromatic amines is 1. The Hall–Kier alpha value is -1.85. The molecule has 1 aromatic heterocycles. The number of carbonyl (C=O) groups is 2. The fraction of sp³-hybridized carbons (Fsp3) is 0.444. The predicted molar refractivity (Wildman–Crippen MR) is 53.0 cm³/mol. The van der Waals surface area contributed by atoms with Crippen molar-refractivity contribution >= 4 is 17.6 Å². The van der Waals surface area contributed by atoms with E-state index in [1.54, 1.807) is 17.2 Å². The van der Waals surface area contributed by atoms with Gasteiger partial charge in [-0.15, -0.1) is 0 Å². The lowest BCUT2D eigenvalue weighted by atomic mass is 10.4. The number of aromatic nitrogens is 2. The van der Waals surface area contributed by atoms with Gasteiger partial charge >= 0.3 is 0 Å². The van der Waals surface area contributed by atoms with Gasteiger partial charge in [0.05, 0.1) is 12.7 Å². The van der Waals surface area contributed by atoms with E-state index in [-0.39, 0.29) is 18.4 Å². The molecular formula is C9H12N4O2. The molecule has 0 spiro atoms. The van der Waals surface area contributed by atoms with Crippen LogP contribution in [0.5, 0.6) is 0 Å². The summed E-state index contributed by atoms with van der Waals surface area (Å²) in [6, 6.07) is 1.66. The molecule has 2 heterocycles. The average Bonchev–Trinajstić information content (AvgIpc) is 2.79. The van der Waals surface area contributed by atoms with Gasteiger partial charge in [0.2, 0.25) is 11.8 Å². The van der Waals surface area contributed by atoms with Crippen LogP contribution in [0.25, 0.3) is 0 Å². The lowest BCUT2D eigenvalue weighted by molar-refractivity contribution is -0.131. The van der Waals surface area contributed by atoms with E-state index in [1.165, 1.54) is 0 Å². The van der Waals surface area contributed by atoms with Crippen LogP contribution in [-0.4, -0.2) is 40.0 Å². The van der Waals surface area contributed by atoms with Gasteiger partial charge in [-0.1, -0.05) is 0 Å². The molecule has 0 bridgehead atoms. The Labute approximate surface area is 86.6 Å². The zero-order valence-corrected chi connectivity index (χ0v) is 8.19. The largest absolute Gasteiger partial charge is 0.333 e. The van der Waals surface area contributed by atoms with Crippen LogP contribution in [-0.2, 0) is 9.59 Å². The van der Waals surface area contributed by atoms with Crippen LogP contribution in [0.3, 0.4) is 0 Å². The molecule has 0 atom stereocenters. The van der Waals surface area contributed by atoms with E-state index in [4.69, 9.17) is 0 Å². The quantitative estimate of drug-likeness (QED) is 0.732. The molecule has 0 aromatic carbocycles. The molecule has 1 aliphatic heterocycles. The highest BCUT2D eigenvalue weighted by Gasteiger charge is 2.22. The van der Waals surface area contributed by atoms with Crippen molar-refractivity contribution in [3.8, 4) is 0 Å². The Balaban J connectivity index is 1.84. The lowest BCUT2D eigenvalue weighted by Crippen LogP contribution is -2.34. The molecule has 0 saturated carbocycles. The zero-order valence-electron chi connectivity index (χ0n) is 8.19. The van der Waals surface area contributed by atoms with Crippen molar-refractivity contribution in [1.29, 1.82) is 0 Å². The van der Waals surface area contributed by atoms with Gasteiger partial charge in [0.15, 0.2) is 0 Å². The van der Waals surface area contributed by atoms with E-state index in [2.05, 4.69) is 15.5 Å². The summed E-state index contributed by atoms with van der Waals surface area (Å²) in [6.45, 7) is 0.799. The van der Waals surface area contributed by atoms with E-state index in [1.807, 2.05) is 0 Å². The lowest BCUT2D eigenvalue weighted by Gasteiger charge is -2.14. The number of hydrogen-bond donors (Lipinski definition) is 2. The van der Waals surface area contributed by atoms with Gasteiger partial charge < -0.3 is 10.2 Å². The molecule has 2 amide bonds. The van der Waals surface area contributed by atoms with Crippen molar-refractivity contribution in [2.75, 3.05) is 18.4 Å².